The molecule has 3 N–H and O–H groups in total. The first-order valence-corrected chi connectivity index (χ1v) is 7.37. The molecule has 3 unspecified atom stereocenters. The van der Waals surface area contributed by atoms with Crippen molar-refractivity contribution in [3.63, 3.8) is 0 Å². The van der Waals surface area contributed by atoms with Gasteiger partial charge in [0.2, 0.25) is 5.91 Å². The van der Waals surface area contributed by atoms with Gasteiger partial charge < -0.3 is 15.8 Å². The Morgan fingerprint density at radius 3 is 2.72 bits per heavy atom. The summed E-state index contributed by atoms with van der Waals surface area (Å²) < 4.78 is 5.54. The summed E-state index contributed by atoms with van der Waals surface area (Å²) in [5, 5.41) is 3.04. The Bertz CT molecular complexity index is 275. The number of nitrogens with one attached hydrogen (secondary N) is 1. The Morgan fingerprint density at radius 2 is 2.11 bits per heavy atom. The van der Waals surface area contributed by atoms with Crippen molar-refractivity contribution < 1.29 is 9.53 Å². The molecule has 104 valence electrons. The molecule has 0 aromatic heterocycles. The molecule has 0 aliphatic heterocycles. The molecule has 0 radical (unpaired) electrons. The molecule has 4 nitrogen and oxygen atoms in total. The van der Waals surface area contributed by atoms with E-state index in [0.29, 0.717) is 13.0 Å². The van der Waals surface area contributed by atoms with Gasteiger partial charge in [0.05, 0.1) is 12.1 Å². The Hall–Kier alpha value is -0.610. The summed E-state index contributed by atoms with van der Waals surface area (Å²) in [6.45, 7) is 2.66. The zero-order chi connectivity index (χ0) is 13.0. The van der Waals surface area contributed by atoms with Gasteiger partial charge in [0.15, 0.2) is 0 Å². The van der Waals surface area contributed by atoms with Crippen LogP contribution in [0.2, 0.25) is 0 Å². The van der Waals surface area contributed by atoms with Crippen LogP contribution in [-0.4, -0.2) is 30.7 Å². The number of hydrogen-bond acceptors (Lipinski definition) is 3. The first-order valence-electron chi connectivity index (χ1n) is 7.37. The second-order valence-corrected chi connectivity index (χ2v) is 5.68. The highest BCUT2D eigenvalue weighted by atomic mass is 16.5. The van der Waals surface area contributed by atoms with Gasteiger partial charge in [-0.3, -0.25) is 4.79 Å². The minimum atomic E-state index is 0.0287. The minimum absolute atomic E-state index is 0.0287. The molecule has 0 aromatic rings. The molecule has 18 heavy (non-hydrogen) atoms. The Morgan fingerprint density at radius 1 is 1.39 bits per heavy atom. The highest BCUT2D eigenvalue weighted by molar-refractivity contribution is 5.76. The summed E-state index contributed by atoms with van der Waals surface area (Å²) in [4.78, 5) is 11.9. The molecule has 2 saturated carbocycles. The summed E-state index contributed by atoms with van der Waals surface area (Å²) in [5.41, 5.74) is 5.92. The van der Waals surface area contributed by atoms with Crippen molar-refractivity contribution in [2.45, 2.75) is 70.1 Å². The van der Waals surface area contributed by atoms with Crippen LogP contribution in [0.25, 0.3) is 0 Å². The fraction of sp³-hybridized carbons (Fsp3) is 0.929. The topological polar surface area (TPSA) is 64.3 Å². The smallest absolute Gasteiger partial charge is 0.220 e. The van der Waals surface area contributed by atoms with E-state index in [2.05, 4.69) is 5.32 Å². The normalized spacial score (nSPS) is 32.2. The molecule has 0 spiro atoms. The van der Waals surface area contributed by atoms with Crippen LogP contribution in [-0.2, 0) is 9.53 Å². The first kappa shape index (κ1) is 13.8. The summed E-state index contributed by atoms with van der Waals surface area (Å²) in [6, 6.07) is 0.0954. The quantitative estimate of drug-likeness (QED) is 0.756. The maximum atomic E-state index is 11.9. The molecule has 4 heteroatoms. The SMILES string of the molecule is CCOC1CC(N)C1NC(=O)CCC1CCCC1. The standard InChI is InChI=1S/C14H26N2O2/c1-2-18-12-9-11(15)14(12)16-13(17)8-7-10-5-3-4-6-10/h10-12,14H,2-9,15H2,1H3,(H,16,17). The first-order chi connectivity index (χ1) is 8.70. The Kier molecular flexibility index (Phi) is 5.01. The van der Waals surface area contributed by atoms with E-state index in [0.717, 1.165) is 18.8 Å². The van der Waals surface area contributed by atoms with Gasteiger partial charge in [0.25, 0.3) is 0 Å². The molecule has 1 amide bonds. The monoisotopic (exact) mass is 254 g/mol. The van der Waals surface area contributed by atoms with Gasteiger partial charge >= 0.3 is 0 Å². The summed E-state index contributed by atoms with van der Waals surface area (Å²) in [6.07, 6.45) is 7.95. The second-order valence-electron chi connectivity index (χ2n) is 5.68. The number of carbonyl (C=O) groups is 1. The maximum absolute atomic E-state index is 11.9. The summed E-state index contributed by atoms with van der Waals surface area (Å²) in [5.74, 6) is 0.917. The number of carbonyl (C=O) groups excluding carboxylic acids is 1. The lowest BCUT2D eigenvalue weighted by Gasteiger charge is -2.42. The van der Waals surface area contributed by atoms with E-state index in [1.165, 1.54) is 25.7 Å². The highest BCUT2D eigenvalue weighted by Crippen LogP contribution is 2.28. The van der Waals surface area contributed by atoms with Crippen LogP contribution < -0.4 is 11.1 Å². The number of nitrogens with two attached hydrogens (primary N) is 1. The number of hydrogen-bond donors (Lipinski definition) is 2. The van der Waals surface area contributed by atoms with Gasteiger partial charge in [0.1, 0.15) is 0 Å². The predicted octanol–water partition coefficient (Wildman–Crippen LogP) is 1.58. The summed E-state index contributed by atoms with van der Waals surface area (Å²) >= 11 is 0. The molecule has 2 fully saturated rings. The van der Waals surface area contributed by atoms with Gasteiger partial charge in [-0.25, -0.2) is 0 Å². The summed E-state index contributed by atoms with van der Waals surface area (Å²) in [7, 11) is 0. The van der Waals surface area contributed by atoms with Crippen molar-refractivity contribution in [1.29, 1.82) is 0 Å². The van der Waals surface area contributed by atoms with Crippen LogP contribution in [0, 0.1) is 5.92 Å². The lowest BCUT2D eigenvalue weighted by Crippen LogP contribution is -2.64. The highest BCUT2D eigenvalue weighted by Gasteiger charge is 2.40. The minimum Gasteiger partial charge on any atom is -0.376 e. The van der Waals surface area contributed by atoms with Gasteiger partial charge in [-0.15, -0.1) is 0 Å². The van der Waals surface area contributed by atoms with Crippen molar-refractivity contribution >= 4 is 5.91 Å². The van der Waals surface area contributed by atoms with Gasteiger partial charge in [0, 0.05) is 19.1 Å². The van der Waals surface area contributed by atoms with E-state index in [9.17, 15) is 4.79 Å². The zero-order valence-corrected chi connectivity index (χ0v) is 11.4. The van der Waals surface area contributed by atoms with Crippen molar-refractivity contribution in [2.75, 3.05) is 6.61 Å². The molecule has 2 rings (SSSR count). The van der Waals surface area contributed by atoms with E-state index in [1.807, 2.05) is 6.92 Å². The van der Waals surface area contributed by atoms with Gasteiger partial charge in [-0.2, -0.15) is 0 Å². The average Bonchev–Trinajstić information content (AvgIpc) is 2.86. The largest absolute Gasteiger partial charge is 0.376 e. The van der Waals surface area contributed by atoms with E-state index in [4.69, 9.17) is 10.5 Å². The molecule has 3 atom stereocenters. The predicted molar refractivity (Wildman–Crippen MR) is 71.1 cm³/mol. The van der Waals surface area contributed by atoms with Crippen molar-refractivity contribution in [3.05, 3.63) is 0 Å². The molecule has 0 bridgehead atoms. The number of amides is 1. The van der Waals surface area contributed by atoms with Crippen LogP contribution in [0.15, 0.2) is 0 Å². The molecule has 2 aliphatic rings. The lowest BCUT2D eigenvalue weighted by molar-refractivity contribution is -0.126. The third kappa shape index (κ3) is 3.45. The van der Waals surface area contributed by atoms with Crippen LogP contribution in [0.3, 0.4) is 0 Å². The van der Waals surface area contributed by atoms with Crippen LogP contribution in [0.5, 0.6) is 0 Å². The number of rotatable bonds is 6. The van der Waals surface area contributed by atoms with E-state index in [-0.39, 0.29) is 24.1 Å². The fourth-order valence-electron chi connectivity index (χ4n) is 3.12. The van der Waals surface area contributed by atoms with Gasteiger partial charge in [-0.1, -0.05) is 25.7 Å². The average molecular weight is 254 g/mol. The fourth-order valence-corrected chi connectivity index (χ4v) is 3.12. The third-order valence-corrected chi connectivity index (χ3v) is 4.33. The molecule has 0 heterocycles. The van der Waals surface area contributed by atoms with Crippen LogP contribution >= 0.6 is 0 Å². The van der Waals surface area contributed by atoms with Gasteiger partial charge in [-0.05, 0) is 25.7 Å². The Labute approximate surface area is 110 Å². The molecule has 0 aromatic carbocycles. The van der Waals surface area contributed by atoms with E-state index in [1.54, 1.807) is 0 Å². The Balaban J connectivity index is 1.66. The van der Waals surface area contributed by atoms with E-state index >= 15 is 0 Å². The lowest BCUT2D eigenvalue weighted by atomic mass is 9.83. The van der Waals surface area contributed by atoms with Crippen LogP contribution in [0.1, 0.15) is 51.9 Å². The zero-order valence-electron chi connectivity index (χ0n) is 11.4. The maximum Gasteiger partial charge on any atom is 0.220 e. The third-order valence-electron chi connectivity index (χ3n) is 4.33. The van der Waals surface area contributed by atoms with Crippen molar-refractivity contribution in [3.8, 4) is 0 Å². The van der Waals surface area contributed by atoms with E-state index < -0.39 is 0 Å². The molecular formula is C14H26N2O2. The molecular weight excluding hydrogens is 228 g/mol. The molecule has 2 aliphatic carbocycles. The molecule has 0 saturated heterocycles. The second kappa shape index (κ2) is 6.53. The van der Waals surface area contributed by atoms with Crippen LogP contribution in [0.4, 0.5) is 0 Å². The van der Waals surface area contributed by atoms with Crippen molar-refractivity contribution in [1.82, 2.24) is 5.32 Å². The van der Waals surface area contributed by atoms with Crippen molar-refractivity contribution in [2.24, 2.45) is 11.7 Å². The number of ether oxygens (including phenoxy) is 1.